The average molecular weight is 484 g/mol. The topological polar surface area (TPSA) is 37.3 Å². The Hall–Kier alpha value is 0.951. The predicted octanol–water partition coefficient (Wildman–Crippen LogP) is 9.07. The molecule has 3 heteroatoms. The van der Waals surface area contributed by atoms with E-state index in [0.717, 1.165) is 12.8 Å². The van der Waals surface area contributed by atoms with E-state index in [1.165, 1.54) is 135 Å². The van der Waals surface area contributed by atoms with Crippen molar-refractivity contribution in [2.75, 3.05) is 0 Å². The molecule has 0 spiro atoms. The Balaban J connectivity index is 0. The monoisotopic (exact) mass is 484 g/mol. The van der Waals surface area contributed by atoms with Gasteiger partial charge in [0, 0.05) is 51.9 Å². The van der Waals surface area contributed by atoms with Gasteiger partial charge in [0.1, 0.15) is 0 Å². The fourth-order valence-corrected chi connectivity index (χ4v) is 4.06. The second kappa shape index (κ2) is 29.0. The summed E-state index contributed by atoms with van der Waals surface area (Å²) in [5, 5.41) is 8.59. The van der Waals surface area contributed by atoms with Crippen LogP contribution in [0.3, 0.4) is 0 Å². The number of carboxylic acid groups (broad SMARTS) is 1. The first-order chi connectivity index (χ1) is 13.8. The van der Waals surface area contributed by atoms with Crippen LogP contribution >= 0.6 is 0 Å². The van der Waals surface area contributed by atoms with Gasteiger partial charge in [-0.15, -0.1) is 0 Å². The summed E-state index contributed by atoms with van der Waals surface area (Å²) in [6.07, 6.45) is 32.0. The Morgan fingerprint density at radius 2 is 0.655 bits per heavy atom. The molecule has 0 aliphatic heterocycles. The van der Waals surface area contributed by atoms with Crippen LogP contribution in [-0.2, 0) is 4.79 Å². The molecule has 0 aliphatic carbocycles. The van der Waals surface area contributed by atoms with Crippen LogP contribution in [-0.4, -0.2) is 56.6 Å². The van der Waals surface area contributed by atoms with Gasteiger partial charge in [-0.2, -0.15) is 0 Å². The van der Waals surface area contributed by atoms with Crippen LogP contribution in [0.1, 0.15) is 161 Å². The third-order valence-electron chi connectivity index (χ3n) is 5.99. The number of unbranched alkanes of at least 4 members (excludes halogenated alkanes) is 22. The number of aliphatic carboxylic acids is 1. The van der Waals surface area contributed by atoms with Gasteiger partial charge in [-0.05, 0) is 6.42 Å². The molecule has 0 aromatic heterocycles. The summed E-state index contributed by atoms with van der Waals surface area (Å²) in [6.45, 7) is 2.29. The van der Waals surface area contributed by atoms with E-state index in [-0.39, 0.29) is 45.5 Å². The minimum atomic E-state index is -0.650. The van der Waals surface area contributed by atoms with Crippen LogP contribution in [0.25, 0.3) is 0 Å². The quantitative estimate of drug-likeness (QED) is 0.110. The zero-order valence-corrected chi connectivity index (χ0v) is 23.5. The summed E-state index contributed by atoms with van der Waals surface area (Å²) < 4.78 is 0. The molecule has 1 N–H and O–H groups in total. The van der Waals surface area contributed by atoms with E-state index >= 15 is 0 Å². The largest absolute Gasteiger partial charge is 0.481 e. The fraction of sp³-hybridized carbons (Fsp3) is 0.962. The van der Waals surface area contributed by atoms with Crippen LogP contribution in [0, 0.1) is 0 Å². The van der Waals surface area contributed by atoms with Crippen LogP contribution in [0.15, 0.2) is 0 Å². The Labute approximate surface area is 220 Å². The van der Waals surface area contributed by atoms with Gasteiger partial charge < -0.3 is 5.11 Å². The van der Waals surface area contributed by atoms with Gasteiger partial charge in [-0.3, -0.25) is 4.79 Å². The Morgan fingerprint density at radius 1 is 0.448 bits per heavy atom. The van der Waals surface area contributed by atoms with Crippen molar-refractivity contribution >= 4 is 51.5 Å². The van der Waals surface area contributed by atoms with Crippen LogP contribution in [0.5, 0.6) is 0 Å². The zero-order valence-electron chi connectivity index (χ0n) is 20.0. The minimum Gasteiger partial charge on any atom is -0.481 e. The number of hydrogen-bond donors (Lipinski definition) is 1. The summed E-state index contributed by atoms with van der Waals surface area (Å²) >= 11 is 0. The molecule has 0 atom stereocenters. The molecule has 0 aliphatic rings. The Bertz CT molecular complexity index is 307. The second-order valence-electron chi connectivity index (χ2n) is 8.92. The average Bonchev–Trinajstić information content (AvgIpc) is 2.68. The van der Waals surface area contributed by atoms with Crippen molar-refractivity contribution in [3.05, 3.63) is 0 Å². The smallest absolute Gasteiger partial charge is 0.303 e. The molecular formula is C26H52O2Sr. The third-order valence-corrected chi connectivity index (χ3v) is 5.99. The van der Waals surface area contributed by atoms with Crippen LogP contribution in [0.4, 0.5) is 0 Å². The van der Waals surface area contributed by atoms with Crippen molar-refractivity contribution < 1.29 is 9.90 Å². The summed E-state index contributed by atoms with van der Waals surface area (Å²) in [6, 6.07) is 0. The minimum absolute atomic E-state index is 0. The number of carboxylic acids is 1. The van der Waals surface area contributed by atoms with Crippen molar-refractivity contribution in [2.45, 2.75) is 161 Å². The summed E-state index contributed by atoms with van der Waals surface area (Å²) in [4.78, 5) is 10.4. The van der Waals surface area contributed by atoms with E-state index in [1.54, 1.807) is 0 Å². The van der Waals surface area contributed by atoms with E-state index in [9.17, 15) is 4.79 Å². The first-order valence-corrected chi connectivity index (χ1v) is 13.0. The molecule has 170 valence electrons. The SMILES string of the molecule is CCCCCCCCCCCCCCCCCCCCCCCCCC(=O)O.[Sr]. The van der Waals surface area contributed by atoms with Crippen molar-refractivity contribution in [3.8, 4) is 0 Å². The van der Waals surface area contributed by atoms with Gasteiger partial charge in [-0.25, -0.2) is 0 Å². The maximum absolute atomic E-state index is 10.4. The van der Waals surface area contributed by atoms with E-state index in [4.69, 9.17) is 5.11 Å². The van der Waals surface area contributed by atoms with Crippen molar-refractivity contribution in [2.24, 2.45) is 0 Å². The molecule has 0 amide bonds. The standard InChI is InChI=1S/C26H52O2.Sr/c1-2-3-4-5-6-7-8-9-10-11-12-13-14-15-16-17-18-19-20-21-22-23-24-25-26(27)28;/h2-25H2,1H3,(H,27,28);. The predicted molar refractivity (Wildman–Crippen MR) is 130 cm³/mol. The molecule has 0 rings (SSSR count). The summed E-state index contributed by atoms with van der Waals surface area (Å²) in [5.41, 5.74) is 0. The maximum atomic E-state index is 10.4. The van der Waals surface area contributed by atoms with E-state index in [0.29, 0.717) is 6.42 Å². The van der Waals surface area contributed by atoms with Crippen molar-refractivity contribution in [1.29, 1.82) is 0 Å². The first kappa shape index (κ1) is 32.1. The molecule has 0 heterocycles. The number of carbonyl (C=O) groups is 1. The molecule has 0 bridgehead atoms. The first-order valence-electron chi connectivity index (χ1n) is 13.0. The molecule has 0 aromatic rings. The van der Waals surface area contributed by atoms with E-state index < -0.39 is 5.97 Å². The molecule has 29 heavy (non-hydrogen) atoms. The van der Waals surface area contributed by atoms with E-state index in [1.807, 2.05) is 0 Å². The van der Waals surface area contributed by atoms with Crippen molar-refractivity contribution in [1.82, 2.24) is 0 Å². The molecule has 0 fully saturated rings. The van der Waals surface area contributed by atoms with E-state index in [2.05, 4.69) is 6.92 Å². The number of hydrogen-bond acceptors (Lipinski definition) is 1. The maximum Gasteiger partial charge on any atom is 0.303 e. The Kier molecular flexibility index (Phi) is 32.1. The molecule has 2 nitrogen and oxygen atoms in total. The number of rotatable bonds is 24. The second-order valence-corrected chi connectivity index (χ2v) is 8.92. The molecule has 0 aromatic carbocycles. The Morgan fingerprint density at radius 3 is 0.862 bits per heavy atom. The fourth-order valence-electron chi connectivity index (χ4n) is 4.06. The van der Waals surface area contributed by atoms with Crippen molar-refractivity contribution in [3.63, 3.8) is 0 Å². The molecule has 2 radical (unpaired) electrons. The van der Waals surface area contributed by atoms with Crippen LogP contribution in [0.2, 0.25) is 0 Å². The summed E-state index contributed by atoms with van der Waals surface area (Å²) in [5.74, 6) is -0.650. The van der Waals surface area contributed by atoms with Crippen LogP contribution < -0.4 is 0 Å². The molecule has 0 saturated carbocycles. The molecule has 0 unspecified atom stereocenters. The molecular weight excluding hydrogens is 432 g/mol. The van der Waals surface area contributed by atoms with Gasteiger partial charge in [0.25, 0.3) is 0 Å². The molecule has 0 saturated heterocycles. The van der Waals surface area contributed by atoms with Gasteiger partial charge in [-0.1, -0.05) is 148 Å². The normalized spacial score (nSPS) is 10.8. The third kappa shape index (κ3) is 31.2. The zero-order chi connectivity index (χ0) is 20.5. The van der Waals surface area contributed by atoms with Gasteiger partial charge >= 0.3 is 5.97 Å². The summed E-state index contributed by atoms with van der Waals surface area (Å²) in [7, 11) is 0. The van der Waals surface area contributed by atoms with Gasteiger partial charge in [0.05, 0.1) is 0 Å². The van der Waals surface area contributed by atoms with Gasteiger partial charge in [0.2, 0.25) is 0 Å². The van der Waals surface area contributed by atoms with Gasteiger partial charge in [0.15, 0.2) is 0 Å².